The van der Waals surface area contributed by atoms with Crippen LogP contribution in [0.3, 0.4) is 0 Å². The van der Waals surface area contributed by atoms with E-state index in [1.54, 1.807) is 48.5 Å². The zero-order valence-electron chi connectivity index (χ0n) is 20.9. The lowest BCUT2D eigenvalue weighted by Crippen LogP contribution is -2.40. The van der Waals surface area contributed by atoms with E-state index in [9.17, 15) is 14.4 Å². The largest absolute Gasteiger partial charge is 0.457 e. The molecule has 0 aliphatic heterocycles. The highest BCUT2D eigenvalue weighted by Gasteiger charge is 2.28. The van der Waals surface area contributed by atoms with Gasteiger partial charge in [-0.3, -0.25) is 24.5 Å². The number of amides is 3. The smallest absolute Gasteiger partial charge is 0.267 e. The van der Waals surface area contributed by atoms with Crippen LogP contribution in [0, 0.1) is 0 Å². The summed E-state index contributed by atoms with van der Waals surface area (Å²) in [4.78, 5) is 38.9. The molecule has 4 rings (SSSR count). The average molecular weight is 522 g/mol. The zero-order chi connectivity index (χ0) is 27.5. The Kier molecular flexibility index (Phi) is 9.20. The highest BCUT2D eigenvalue weighted by Crippen LogP contribution is 2.31. The lowest BCUT2D eigenvalue weighted by atomic mass is 10.0. The molecule has 196 valence electrons. The summed E-state index contributed by atoms with van der Waals surface area (Å²) in [5.74, 6) is 0.0495. The molecule has 4 aromatic carbocycles. The molecule has 0 spiro atoms. The molecule has 1 unspecified atom stereocenters. The molecule has 3 amide bonds. The van der Waals surface area contributed by atoms with Crippen LogP contribution < -0.4 is 20.4 Å². The van der Waals surface area contributed by atoms with Crippen LogP contribution in [0.2, 0.25) is 0 Å². The third kappa shape index (κ3) is 7.41. The van der Waals surface area contributed by atoms with Gasteiger partial charge in [-0.1, -0.05) is 72.8 Å². The number of ether oxygens (including phenoxy) is 1. The van der Waals surface area contributed by atoms with Gasteiger partial charge in [0.05, 0.1) is 0 Å². The lowest BCUT2D eigenvalue weighted by molar-refractivity contribution is -0.124. The predicted octanol–water partition coefficient (Wildman–Crippen LogP) is 5.02. The number of hydroxylamine groups is 1. The van der Waals surface area contributed by atoms with Crippen LogP contribution >= 0.6 is 0 Å². The molecule has 0 heterocycles. The van der Waals surface area contributed by atoms with Gasteiger partial charge >= 0.3 is 0 Å². The van der Waals surface area contributed by atoms with Crippen molar-refractivity contribution in [3.63, 3.8) is 0 Å². The fourth-order valence-electron chi connectivity index (χ4n) is 3.96. The summed E-state index contributed by atoms with van der Waals surface area (Å²) < 4.78 is 5.94. The first kappa shape index (κ1) is 26.8. The molecule has 1 atom stereocenters. The summed E-state index contributed by atoms with van der Waals surface area (Å²) in [6.45, 7) is 0.274. The fourth-order valence-corrected chi connectivity index (χ4v) is 3.96. The van der Waals surface area contributed by atoms with Crippen LogP contribution in [-0.2, 0) is 20.9 Å². The van der Waals surface area contributed by atoms with E-state index in [-0.39, 0.29) is 6.54 Å². The number of rotatable bonds is 11. The average Bonchev–Trinajstić information content (AvgIpc) is 2.98. The Morgan fingerprint density at radius 3 is 2.26 bits per heavy atom. The van der Waals surface area contributed by atoms with Crippen molar-refractivity contribution in [2.75, 3.05) is 4.90 Å². The van der Waals surface area contributed by atoms with Crippen molar-refractivity contribution in [3.05, 3.63) is 132 Å². The summed E-state index contributed by atoms with van der Waals surface area (Å²) in [5, 5.41) is 11.7. The van der Waals surface area contributed by atoms with Crippen molar-refractivity contribution in [2.24, 2.45) is 0 Å². The normalized spacial score (nSPS) is 11.4. The predicted molar refractivity (Wildman–Crippen MR) is 148 cm³/mol. The van der Waals surface area contributed by atoms with Crippen LogP contribution in [0.1, 0.15) is 22.7 Å². The number of hydrogen-bond donors (Lipinski definition) is 3. The summed E-state index contributed by atoms with van der Waals surface area (Å²) in [7, 11) is 0. The van der Waals surface area contributed by atoms with E-state index in [2.05, 4.69) is 5.32 Å². The molecule has 8 heteroatoms. The van der Waals surface area contributed by atoms with Gasteiger partial charge < -0.3 is 10.1 Å². The standard InChI is InChI=1S/C31H27N3O5/c35-22-34(26-13-8-16-28(20-26)39-27-14-5-2-6-15-27)30(31(37)32-21-24-9-3-1-4-10-24)25-12-7-11-23(19-25)17-18-29(36)33-38/h1-20,22,30,38H,21H2,(H,32,37)(H,33,36). The molecule has 4 aromatic rings. The molecule has 3 N–H and O–H groups in total. The summed E-state index contributed by atoms with van der Waals surface area (Å²) in [6.07, 6.45) is 3.26. The highest BCUT2D eigenvalue weighted by molar-refractivity contribution is 5.94. The van der Waals surface area contributed by atoms with E-state index >= 15 is 0 Å². The number of benzene rings is 4. The van der Waals surface area contributed by atoms with Crippen molar-refractivity contribution in [2.45, 2.75) is 12.6 Å². The van der Waals surface area contributed by atoms with E-state index < -0.39 is 17.9 Å². The lowest BCUT2D eigenvalue weighted by Gasteiger charge is -2.28. The van der Waals surface area contributed by atoms with Crippen LogP contribution in [-0.4, -0.2) is 23.4 Å². The molecule has 0 aromatic heterocycles. The van der Waals surface area contributed by atoms with E-state index in [1.165, 1.54) is 16.5 Å². The molecule has 0 fully saturated rings. The van der Waals surface area contributed by atoms with Crippen molar-refractivity contribution < 1.29 is 24.3 Å². The van der Waals surface area contributed by atoms with Crippen molar-refractivity contribution in [1.82, 2.24) is 10.8 Å². The third-order valence-corrected chi connectivity index (χ3v) is 5.81. The fraction of sp³-hybridized carbons (Fsp3) is 0.0645. The maximum absolute atomic E-state index is 13.6. The molecule has 0 aliphatic carbocycles. The minimum absolute atomic E-state index is 0.274. The second kappa shape index (κ2) is 13.4. The molecule has 0 saturated carbocycles. The molecule has 0 saturated heterocycles. The Morgan fingerprint density at radius 1 is 0.846 bits per heavy atom. The van der Waals surface area contributed by atoms with Crippen molar-refractivity contribution in [1.29, 1.82) is 0 Å². The van der Waals surface area contributed by atoms with Gasteiger partial charge in [0, 0.05) is 24.4 Å². The maximum Gasteiger partial charge on any atom is 0.267 e. The van der Waals surface area contributed by atoms with E-state index in [0.717, 1.165) is 11.6 Å². The monoisotopic (exact) mass is 521 g/mol. The minimum Gasteiger partial charge on any atom is -0.457 e. The number of carbonyl (C=O) groups excluding carboxylic acids is 3. The Hall–Kier alpha value is -5.21. The maximum atomic E-state index is 13.6. The number of anilines is 1. The van der Waals surface area contributed by atoms with Crippen LogP contribution in [0.5, 0.6) is 11.5 Å². The van der Waals surface area contributed by atoms with Crippen molar-refractivity contribution >= 4 is 30.0 Å². The van der Waals surface area contributed by atoms with Crippen molar-refractivity contribution in [3.8, 4) is 11.5 Å². The number of para-hydroxylation sites is 1. The molecule has 0 bridgehead atoms. The van der Waals surface area contributed by atoms with E-state index in [1.807, 2.05) is 60.7 Å². The van der Waals surface area contributed by atoms with Gasteiger partial charge in [0.25, 0.3) is 5.91 Å². The Morgan fingerprint density at radius 2 is 1.54 bits per heavy atom. The highest BCUT2D eigenvalue weighted by atomic mass is 16.5. The summed E-state index contributed by atoms with van der Waals surface area (Å²) >= 11 is 0. The van der Waals surface area contributed by atoms with Gasteiger partial charge in [0.2, 0.25) is 12.3 Å². The second-order valence-electron chi connectivity index (χ2n) is 8.51. The Bertz CT molecular complexity index is 1440. The third-order valence-electron chi connectivity index (χ3n) is 5.81. The summed E-state index contributed by atoms with van der Waals surface area (Å²) in [6, 6.07) is 31.5. The quantitative estimate of drug-likeness (QED) is 0.111. The van der Waals surface area contributed by atoms with E-state index in [0.29, 0.717) is 34.7 Å². The van der Waals surface area contributed by atoms with E-state index in [4.69, 9.17) is 9.94 Å². The van der Waals surface area contributed by atoms with Gasteiger partial charge in [-0.05, 0) is 53.1 Å². The number of hydrogen-bond acceptors (Lipinski definition) is 5. The van der Waals surface area contributed by atoms with Gasteiger partial charge in [-0.15, -0.1) is 0 Å². The van der Waals surface area contributed by atoms with Crippen LogP contribution in [0.25, 0.3) is 6.08 Å². The van der Waals surface area contributed by atoms with Gasteiger partial charge in [0.15, 0.2) is 0 Å². The van der Waals surface area contributed by atoms with Crippen LogP contribution in [0.4, 0.5) is 5.69 Å². The molecule has 8 nitrogen and oxygen atoms in total. The van der Waals surface area contributed by atoms with Gasteiger partial charge in [0.1, 0.15) is 17.5 Å². The Balaban J connectivity index is 1.68. The first-order valence-electron chi connectivity index (χ1n) is 12.2. The van der Waals surface area contributed by atoms with Gasteiger partial charge in [-0.2, -0.15) is 0 Å². The Labute approximate surface area is 226 Å². The molecular formula is C31H27N3O5. The topological polar surface area (TPSA) is 108 Å². The number of nitrogens with zero attached hydrogens (tertiary/aromatic N) is 1. The molecular weight excluding hydrogens is 494 g/mol. The van der Waals surface area contributed by atoms with Gasteiger partial charge in [-0.25, -0.2) is 5.48 Å². The minimum atomic E-state index is -1.03. The second-order valence-corrected chi connectivity index (χ2v) is 8.51. The molecule has 0 aliphatic rings. The first-order chi connectivity index (χ1) is 19.1. The zero-order valence-corrected chi connectivity index (χ0v) is 20.9. The molecule has 0 radical (unpaired) electrons. The number of carbonyl (C=O) groups is 3. The van der Waals surface area contributed by atoms with Crippen LogP contribution in [0.15, 0.2) is 115 Å². The first-order valence-corrected chi connectivity index (χ1v) is 12.2. The molecule has 39 heavy (non-hydrogen) atoms. The SMILES string of the molecule is O=CN(c1cccc(Oc2ccccc2)c1)C(C(=O)NCc1ccccc1)c1cccc(C=CC(=O)NO)c1. The summed E-state index contributed by atoms with van der Waals surface area (Å²) in [5.41, 5.74) is 4.03. The number of nitrogens with one attached hydrogen (secondary N) is 2.